The van der Waals surface area contributed by atoms with E-state index in [4.69, 9.17) is 42.8 Å². The molecule has 0 aromatic carbocycles. The third-order valence-corrected chi connectivity index (χ3v) is 6.06. The largest absolute Gasteiger partial charge is 0.467 e. The summed E-state index contributed by atoms with van der Waals surface area (Å²) in [6.07, 6.45) is -8.10. The first-order chi connectivity index (χ1) is 19.3. The summed E-state index contributed by atoms with van der Waals surface area (Å²) >= 11 is 0. The molecule has 232 valence electrons. The average molecular weight is 592 g/mol. The standard InChI is InChI=1S/C25H37NO15/c1-8-34-21-9-17(18-10-19(25(32)33-7)40-26(18)41-21)22(37-14(4)29)24(39-16(6)31)23(38-15(5)30)20(36-13(3)28)11-35-12(2)27/h17-24H,8-11H2,1-7H3/t17-,18+,19+,20+,21-,22?,23-,24+/m0/s1. The molecule has 8 atom stereocenters. The van der Waals surface area contributed by atoms with Crippen LogP contribution in [-0.4, -0.2) is 104 Å². The van der Waals surface area contributed by atoms with Crippen molar-refractivity contribution in [2.24, 2.45) is 5.92 Å². The number of ether oxygens (including phenoxy) is 7. The minimum atomic E-state index is -1.62. The van der Waals surface area contributed by atoms with Crippen LogP contribution in [0.2, 0.25) is 0 Å². The fourth-order valence-electron chi connectivity index (χ4n) is 4.69. The maximum absolute atomic E-state index is 12.4. The molecule has 2 aliphatic heterocycles. The van der Waals surface area contributed by atoms with Gasteiger partial charge in [-0.05, 0) is 6.92 Å². The van der Waals surface area contributed by atoms with E-state index in [9.17, 15) is 28.8 Å². The van der Waals surface area contributed by atoms with Crippen LogP contribution in [0.1, 0.15) is 54.4 Å². The summed E-state index contributed by atoms with van der Waals surface area (Å²) in [6, 6.07) is -0.781. The first-order valence-corrected chi connectivity index (χ1v) is 12.9. The number of hydrogen-bond acceptors (Lipinski definition) is 16. The Labute approximate surface area is 236 Å². The molecule has 2 aliphatic rings. The van der Waals surface area contributed by atoms with Crippen LogP contribution in [0.25, 0.3) is 0 Å². The van der Waals surface area contributed by atoms with E-state index in [1.807, 2.05) is 0 Å². The summed E-state index contributed by atoms with van der Waals surface area (Å²) in [5, 5.41) is 1.04. The molecule has 0 radical (unpaired) electrons. The fraction of sp³-hybridized carbons (Fsp3) is 0.760. The predicted octanol–water partition coefficient (Wildman–Crippen LogP) is 0.138. The van der Waals surface area contributed by atoms with E-state index in [1.165, 1.54) is 7.11 Å². The van der Waals surface area contributed by atoms with E-state index in [-0.39, 0.29) is 19.4 Å². The molecule has 0 bridgehead atoms. The van der Waals surface area contributed by atoms with Crippen molar-refractivity contribution in [1.82, 2.24) is 5.23 Å². The van der Waals surface area contributed by atoms with Crippen molar-refractivity contribution >= 4 is 35.8 Å². The molecule has 0 aromatic rings. The van der Waals surface area contributed by atoms with Gasteiger partial charge in [0, 0.05) is 60.0 Å². The van der Waals surface area contributed by atoms with Gasteiger partial charge in [0.2, 0.25) is 0 Å². The van der Waals surface area contributed by atoms with Gasteiger partial charge >= 0.3 is 35.8 Å². The molecule has 2 saturated heterocycles. The van der Waals surface area contributed by atoms with E-state index in [0.29, 0.717) is 0 Å². The smallest absolute Gasteiger partial charge is 0.337 e. The van der Waals surface area contributed by atoms with Gasteiger partial charge in [-0.25, -0.2) is 9.63 Å². The van der Waals surface area contributed by atoms with Crippen molar-refractivity contribution in [3.05, 3.63) is 0 Å². The molecular formula is C25H37NO15. The predicted molar refractivity (Wildman–Crippen MR) is 131 cm³/mol. The van der Waals surface area contributed by atoms with Crippen LogP contribution < -0.4 is 0 Å². The molecular weight excluding hydrogens is 554 g/mol. The highest BCUT2D eigenvalue weighted by Gasteiger charge is 2.56. The first-order valence-electron chi connectivity index (χ1n) is 12.9. The van der Waals surface area contributed by atoms with Crippen LogP contribution in [0.5, 0.6) is 0 Å². The van der Waals surface area contributed by atoms with Crippen molar-refractivity contribution in [2.75, 3.05) is 20.3 Å². The number of esters is 6. The summed E-state index contributed by atoms with van der Waals surface area (Å²) in [5.41, 5.74) is 0. The minimum Gasteiger partial charge on any atom is -0.467 e. The normalized spacial score (nSPS) is 25.0. The number of carbonyl (C=O) groups is 6. The Morgan fingerprint density at radius 3 is 1.88 bits per heavy atom. The lowest BCUT2D eigenvalue weighted by Gasteiger charge is -2.44. The first kappa shape index (κ1) is 33.9. The van der Waals surface area contributed by atoms with E-state index < -0.39 is 91.2 Å². The van der Waals surface area contributed by atoms with Gasteiger partial charge in [-0.3, -0.25) is 28.8 Å². The van der Waals surface area contributed by atoms with Crippen LogP contribution in [0.4, 0.5) is 0 Å². The Morgan fingerprint density at radius 1 is 0.780 bits per heavy atom. The SMILES string of the molecule is CCO[C@@H]1C[C@H](C(OC(C)=O)[C@@H](OC(C)=O)[C@@H](OC(C)=O)[C@@H](COC(C)=O)OC(C)=O)[C@H]2C[C@H](C(=O)OC)ON2O1. The van der Waals surface area contributed by atoms with E-state index in [2.05, 4.69) is 0 Å². The molecule has 2 fully saturated rings. The van der Waals surface area contributed by atoms with Gasteiger partial charge in [0.15, 0.2) is 30.7 Å². The van der Waals surface area contributed by atoms with Crippen LogP contribution in [0.15, 0.2) is 0 Å². The van der Waals surface area contributed by atoms with Crippen molar-refractivity contribution in [3.8, 4) is 0 Å². The zero-order chi connectivity index (χ0) is 30.9. The average Bonchev–Trinajstić information content (AvgIpc) is 3.30. The highest BCUT2D eigenvalue weighted by molar-refractivity contribution is 5.74. The summed E-state index contributed by atoms with van der Waals surface area (Å²) in [5.74, 6) is -5.63. The number of rotatable bonds is 13. The second kappa shape index (κ2) is 15.6. The molecule has 1 unspecified atom stereocenters. The van der Waals surface area contributed by atoms with Gasteiger partial charge in [0.1, 0.15) is 12.7 Å². The van der Waals surface area contributed by atoms with Gasteiger partial charge in [-0.1, -0.05) is 5.23 Å². The molecule has 0 N–H and O–H groups in total. The molecule has 0 spiro atoms. The summed E-state index contributed by atoms with van der Waals surface area (Å²) in [4.78, 5) is 84.2. The minimum absolute atomic E-state index is 0.0137. The van der Waals surface area contributed by atoms with Crippen molar-refractivity contribution in [2.45, 2.75) is 97.2 Å². The zero-order valence-electron chi connectivity index (χ0n) is 24.0. The lowest BCUT2D eigenvalue weighted by Crippen LogP contribution is -2.59. The van der Waals surface area contributed by atoms with Gasteiger partial charge in [-0.2, -0.15) is 0 Å². The molecule has 0 saturated carbocycles. The van der Waals surface area contributed by atoms with Crippen molar-refractivity contribution < 1.29 is 71.6 Å². The van der Waals surface area contributed by atoms with Crippen molar-refractivity contribution in [3.63, 3.8) is 0 Å². The number of fused-ring (bicyclic) bond motifs is 1. The number of hydroxylamine groups is 2. The van der Waals surface area contributed by atoms with Crippen LogP contribution in [0, 0.1) is 5.92 Å². The maximum Gasteiger partial charge on any atom is 0.337 e. The zero-order valence-corrected chi connectivity index (χ0v) is 24.0. The molecule has 16 nitrogen and oxygen atoms in total. The number of carbonyl (C=O) groups excluding carboxylic acids is 6. The topological polar surface area (TPSA) is 189 Å². The third kappa shape index (κ3) is 9.91. The Bertz CT molecular complexity index is 971. The third-order valence-electron chi connectivity index (χ3n) is 6.06. The fourth-order valence-corrected chi connectivity index (χ4v) is 4.69. The molecule has 0 aromatic heterocycles. The number of nitrogens with zero attached hydrogens (tertiary/aromatic N) is 1. The molecule has 16 heteroatoms. The highest BCUT2D eigenvalue weighted by atomic mass is 17.0. The Hall–Kier alpha value is -3.34. The Morgan fingerprint density at radius 2 is 1.37 bits per heavy atom. The molecule has 0 amide bonds. The second-order valence-corrected chi connectivity index (χ2v) is 9.27. The Balaban J connectivity index is 2.65. The summed E-state index contributed by atoms with van der Waals surface area (Å²) in [6.45, 7) is 6.77. The monoisotopic (exact) mass is 591 g/mol. The van der Waals surface area contributed by atoms with Gasteiger partial charge in [0.25, 0.3) is 0 Å². The molecule has 0 aliphatic carbocycles. The lowest BCUT2D eigenvalue weighted by molar-refractivity contribution is -0.444. The highest BCUT2D eigenvalue weighted by Crippen LogP contribution is 2.40. The lowest BCUT2D eigenvalue weighted by atomic mass is 9.82. The van der Waals surface area contributed by atoms with Gasteiger partial charge < -0.3 is 33.2 Å². The van der Waals surface area contributed by atoms with E-state index in [1.54, 1.807) is 6.92 Å². The Kier molecular flexibility index (Phi) is 12.9. The van der Waals surface area contributed by atoms with Gasteiger partial charge in [0.05, 0.1) is 13.2 Å². The second-order valence-electron chi connectivity index (χ2n) is 9.27. The maximum atomic E-state index is 12.4. The number of hydrogen-bond donors (Lipinski definition) is 0. The van der Waals surface area contributed by atoms with Crippen molar-refractivity contribution in [1.29, 1.82) is 0 Å². The van der Waals surface area contributed by atoms with Gasteiger partial charge in [-0.15, -0.1) is 0 Å². The molecule has 2 rings (SSSR count). The summed E-state index contributed by atoms with van der Waals surface area (Å²) in [7, 11) is 1.19. The van der Waals surface area contributed by atoms with E-state index in [0.717, 1.165) is 39.8 Å². The van der Waals surface area contributed by atoms with Crippen LogP contribution >= 0.6 is 0 Å². The van der Waals surface area contributed by atoms with Crippen LogP contribution in [0.3, 0.4) is 0 Å². The quantitative estimate of drug-likeness (QED) is 0.207. The van der Waals surface area contributed by atoms with Crippen LogP contribution in [-0.2, 0) is 71.6 Å². The molecule has 41 heavy (non-hydrogen) atoms. The molecule has 2 heterocycles. The van der Waals surface area contributed by atoms with E-state index >= 15 is 0 Å². The number of methoxy groups -OCH3 is 1. The summed E-state index contributed by atoms with van der Waals surface area (Å²) < 4.78 is 37.5.